The van der Waals surface area contributed by atoms with Crippen LogP contribution in [0.1, 0.15) is 0 Å². The molecular formula is C64H44N6O2. The van der Waals surface area contributed by atoms with E-state index in [2.05, 4.69) is 212 Å². The minimum absolute atomic E-state index is 0.379. The average molecular weight is 929 g/mol. The maximum Gasteiger partial charge on any atom is 0.248 e. The van der Waals surface area contributed by atoms with Gasteiger partial charge in [0, 0.05) is 56.4 Å². The molecule has 0 atom stereocenters. The van der Waals surface area contributed by atoms with Crippen molar-refractivity contribution in [2.45, 2.75) is 0 Å². The van der Waals surface area contributed by atoms with Crippen LogP contribution >= 0.6 is 0 Å². The van der Waals surface area contributed by atoms with Gasteiger partial charge >= 0.3 is 0 Å². The summed E-state index contributed by atoms with van der Waals surface area (Å²) in [5.41, 5.74) is 15.3. The normalized spacial score (nSPS) is 11.1. The molecule has 12 aromatic rings. The van der Waals surface area contributed by atoms with Crippen LogP contribution in [0.3, 0.4) is 0 Å². The third-order valence-electron chi connectivity index (χ3n) is 12.7. The van der Waals surface area contributed by atoms with E-state index in [0.717, 1.165) is 89.8 Å². The summed E-state index contributed by atoms with van der Waals surface area (Å²) in [6.45, 7) is 0. The number of para-hydroxylation sites is 4. The molecule has 342 valence electrons. The summed E-state index contributed by atoms with van der Waals surface area (Å²) in [7, 11) is 0. The number of rotatable bonds is 13. The van der Waals surface area contributed by atoms with Crippen molar-refractivity contribution in [1.82, 2.24) is 20.4 Å². The van der Waals surface area contributed by atoms with Gasteiger partial charge in [0.2, 0.25) is 23.6 Å². The van der Waals surface area contributed by atoms with Gasteiger partial charge in [0.25, 0.3) is 0 Å². The number of benzene rings is 10. The van der Waals surface area contributed by atoms with E-state index >= 15 is 0 Å². The van der Waals surface area contributed by atoms with E-state index in [1.807, 2.05) is 84.9 Å². The molecule has 8 heteroatoms. The van der Waals surface area contributed by atoms with Gasteiger partial charge in [-0.05, 0) is 143 Å². The van der Waals surface area contributed by atoms with Crippen molar-refractivity contribution in [3.8, 4) is 79.2 Å². The number of aromatic nitrogens is 4. The average Bonchev–Trinajstić information content (AvgIpc) is 4.17. The molecule has 0 spiro atoms. The molecule has 0 aliphatic heterocycles. The predicted molar refractivity (Wildman–Crippen MR) is 290 cm³/mol. The van der Waals surface area contributed by atoms with Crippen molar-refractivity contribution in [2.75, 3.05) is 9.80 Å². The fourth-order valence-electron chi connectivity index (χ4n) is 9.14. The smallest absolute Gasteiger partial charge is 0.248 e. The first-order valence-corrected chi connectivity index (χ1v) is 23.8. The molecule has 8 nitrogen and oxygen atoms in total. The summed E-state index contributed by atoms with van der Waals surface area (Å²) in [5.74, 6) is 1.61. The number of hydrogen-bond donors (Lipinski definition) is 0. The van der Waals surface area contributed by atoms with Crippen molar-refractivity contribution < 1.29 is 8.83 Å². The Hall–Kier alpha value is -9.92. The molecule has 0 amide bonds. The van der Waals surface area contributed by atoms with Crippen molar-refractivity contribution >= 4 is 34.1 Å². The SMILES string of the molecule is c1ccc(-c2nnc(-c3cc(-c4ccc(N(c5ccccc5)c5ccccc5)cc4)ccc3-c3ccc(-c4ccc(N(c5ccccc5)c5ccccc5)cc4)cc3-c3nnc(-c4ccccc4)o3)o2)cc1. The molecule has 2 aromatic heterocycles. The van der Waals surface area contributed by atoms with E-state index in [-0.39, 0.29) is 0 Å². The molecule has 0 N–H and O–H groups in total. The van der Waals surface area contributed by atoms with Crippen LogP contribution < -0.4 is 9.80 Å². The van der Waals surface area contributed by atoms with E-state index in [4.69, 9.17) is 8.83 Å². The van der Waals surface area contributed by atoms with Gasteiger partial charge in [0.05, 0.1) is 0 Å². The van der Waals surface area contributed by atoms with Crippen LogP contribution in [-0.2, 0) is 0 Å². The second-order valence-corrected chi connectivity index (χ2v) is 17.2. The Morgan fingerprint density at radius 1 is 0.208 bits per heavy atom. The Bertz CT molecular complexity index is 3390. The van der Waals surface area contributed by atoms with E-state index < -0.39 is 0 Å². The van der Waals surface area contributed by atoms with Crippen molar-refractivity contribution in [3.05, 3.63) is 267 Å². The van der Waals surface area contributed by atoms with Crippen LogP contribution in [0.4, 0.5) is 34.1 Å². The van der Waals surface area contributed by atoms with Gasteiger partial charge in [0.15, 0.2) is 0 Å². The van der Waals surface area contributed by atoms with Gasteiger partial charge in [-0.1, -0.05) is 158 Å². The lowest BCUT2D eigenvalue weighted by molar-refractivity contribution is 0.583. The van der Waals surface area contributed by atoms with Crippen molar-refractivity contribution in [3.63, 3.8) is 0 Å². The van der Waals surface area contributed by atoms with Gasteiger partial charge in [-0.25, -0.2) is 0 Å². The third-order valence-corrected chi connectivity index (χ3v) is 12.7. The largest absolute Gasteiger partial charge is 0.416 e. The summed E-state index contributed by atoms with van der Waals surface area (Å²) in [4.78, 5) is 4.51. The summed E-state index contributed by atoms with van der Waals surface area (Å²) in [6, 6.07) is 91.3. The minimum Gasteiger partial charge on any atom is -0.416 e. The van der Waals surface area contributed by atoms with Crippen LogP contribution in [0, 0.1) is 0 Å². The summed E-state index contributed by atoms with van der Waals surface area (Å²) < 4.78 is 13.1. The summed E-state index contributed by atoms with van der Waals surface area (Å²) in [5, 5.41) is 18.5. The molecule has 0 saturated heterocycles. The fraction of sp³-hybridized carbons (Fsp3) is 0. The Kier molecular flexibility index (Phi) is 11.8. The quantitative estimate of drug-likeness (QED) is 0.113. The molecule has 0 aliphatic carbocycles. The Morgan fingerprint density at radius 2 is 0.472 bits per heavy atom. The molecule has 0 aliphatic rings. The van der Waals surface area contributed by atoms with Crippen LogP contribution in [0.5, 0.6) is 0 Å². The van der Waals surface area contributed by atoms with E-state index in [1.165, 1.54) is 0 Å². The summed E-state index contributed by atoms with van der Waals surface area (Å²) in [6.07, 6.45) is 0. The zero-order valence-electron chi connectivity index (χ0n) is 38.9. The Balaban J connectivity index is 0.976. The first-order valence-electron chi connectivity index (χ1n) is 23.8. The second kappa shape index (κ2) is 19.6. The predicted octanol–water partition coefficient (Wildman–Crippen LogP) is 17.1. The third kappa shape index (κ3) is 8.83. The zero-order chi connectivity index (χ0) is 48.1. The minimum atomic E-state index is 0.379. The van der Waals surface area contributed by atoms with Gasteiger partial charge in [0.1, 0.15) is 0 Å². The molecule has 10 aromatic carbocycles. The number of hydrogen-bond acceptors (Lipinski definition) is 8. The zero-order valence-corrected chi connectivity index (χ0v) is 38.9. The molecule has 0 saturated carbocycles. The van der Waals surface area contributed by atoms with Crippen LogP contribution in [0.15, 0.2) is 276 Å². The molecular weight excluding hydrogens is 885 g/mol. The molecule has 12 rings (SSSR count). The maximum atomic E-state index is 6.57. The van der Waals surface area contributed by atoms with Crippen molar-refractivity contribution in [2.24, 2.45) is 0 Å². The van der Waals surface area contributed by atoms with Gasteiger partial charge in [-0.2, -0.15) is 0 Å². The lowest BCUT2D eigenvalue weighted by atomic mass is 9.90. The van der Waals surface area contributed by atoms with Crippen molar-refractivity contribution in [1.29, 1.82) is 0 Å². The van der Waals surface area contributed by atoms with Crippen LogP contribution in [0.2, 0.25) is 0 Å². The first-order chi connectivity index (χ1) is 35.7. The second-order valence-electron chi connectivity index (χ2n) is 17.2. The lowest BCUT2D eigenvalue weighted by Crippen LogP contribution is -2.09. The topological polar surface area (TPSA) is 84.3 Å². The Labute approximate surface area is 417 Å². The lowest BCUT2D eigenvalue weighted by Gasteiger charge is -2.25. The molecule has 0 fully saturated rings. The fourth-order valence-corrected chi connectivity index (χ4v) is 9.14. The maximum absolute atomic E-state index is 6.57. The highest BCUT2D eigenvalue weighted by Crippen LogP contribution is 2.44. The standard InChI is InChI=1S/C64H44N6O2/c1-7-19-47(20-8-1)61-65-67-63(71-61)59-43-49(45-31-37-55(38-32-45)69(51-23-11-3-12-24-51)52-25-13-4-14-26-52)35-41-57(59)58-42-36-50(44-60(58)64-68-66-62(72-64)48-21-9-2-10-22-48)46-33-39-56(40-34-46)70(53-27-15-5-16-28-53)54-29-17-6-18-30-54/h1-44H. The highest BCUT2D eigenvalue weighted by molar-refractivity contribution is 5.93. The highest BCUT2D eigenvalue weighted by atomic mass is 16.4. The van der Waals surface area contributed by atoms with Gasteiger partial charge in [-0.3, -0.25) is 0 Å². The van der Waals surface area contributed by atoms with E-state index in [9.17, 15) is 0 Å². The summed E-state index contributed by atoms with van der Waals surface area (Å²) >= 11 is 0. The first kappa shape index (κ1) is 43.4. The molecule has 72 heavy (non-hydrogen) atoms. The van der Waals surface area contributed by atoms with E-state index in [0.29, 0.717) is 23.6 Å². The number of anilines is 6. The molecule has 0 radical (unpaired) electrons. The van der Waals surface area contributed by atoms with Gasteiger partial charge < -0.3 is 18.6 Å². The molecule has 0 bridgehead atoms. The van der Waals surface area contributed by atoms with Gasteiger partial charge in [-0.15, -0.1) is 20.4 Å². The van der Waals surface area contributed by atoms with E-state index in [1.54, 1.807) is 0 Å². The molecule has 2 heterocycles. The van der Waals surface area contributed by atoms with Crippen LogP contribution in [0.25, 0.3) is 79.2 Å². The molecule has 0 unspecified atom stereocenters. The number of nitrogens with zero attached hydrogens (tertiary/aromatic N) is 6. The Morgan fingerprint density at radius 3 is 0.792 bits per heavy atom. The monoisotopic (exact) mass is 928 g/mol. The van der Waals surface area contributed by atoms with Crippen LogP contribution in [-0.4, -0.2) is 20.4 Å². The highest BCUT2D eigenvalue weighted by Gasteiger charge is 2.23.